The van der Waals surface area contributed by atoms with Crippen LogP contribution in [0.5, 0.6) is 0 Å². The van der Waals surface area contributed by atoms with Crippen LogP contribution in [0.2, 0.25) is 0 Å². The van der Waals surface area contributed by atoms with Crippen molar-refractivity contribution in [2.75, 3.05) is 0 Å². The van der Waals surface area contributed by atoms with Crippen LogP contribution in [0.4, 0.5) is 0 Å². The normalized spacial score (nSPS) is 21.4. The van der Waals surface area contributed by atoms with Gasteiger partial charge in [0, 0.05) is 4.47 Å². The summed E-state index contributed by atoms with van der Waals surface area (Å²) in [4.78, 5) is 0. The highest BCUT2D eigenvalue weighted by molar-refractivity contribution is 9.10. The second-order valence-electron chi connectivity index (χ2n) is 5.17. The fourth-order valence-electron chi connectivity index (χ4n) is 3.09. The Morgan fingerprint density at radius 2 is 1.74 bits per heavy atom. The Hall–Kier alpha value is -1.12. The van der Waals surface area contributed by atoms with Crippen molar-refractivity contribution in [3.8, 4) is 0 Å². The van der Waals surface area contributed by atoms with E-state index >= 15 is 0 Å². The molecule has 1 N–H and O–H groups in total. The largest absolute Gasteiger partial charge is 0.380 e. The topological polar surface area (TPSA) is 20.2 Å². The van der Waals surface area contributed by atoms with Gasteiger partial charge in [0.2, 0.25) is 0 Å². The molecule has 0 bridgehead atoms. The van der Waals surface area contributed by atoms with Crippen LogP contribution in [0.3, 0.4) is 0 Å². The number of hydrogen-bond donors (Lipinski definition) is 1. The van der Waals surface area contributed by atoms with E-state index in [0.717, 1.165) is 28.4 Å². The van der Waals surface area contributed by atoms with Crippen molar-refractivity contribution >= 4 is 15.9 Å². The molecule has 0 saturated carbocycles. The lowest BCUT2D eigenvalue weighted by Crippen LogP contribution is -2.27. The minimum atomic E-state index is -0.869. The number of rotatable bonds is 1. The molecular formula is C17H17BrO. The van der Waals surface area contributed by atoms with Crippen molar-refractivity contribution in [2.24, 2.45) is 0 Å². The van der Waals surface area contributed by atoms with Crippen molar-refractivity contribution in [3.05, 3.63) is 69.2 Å². The average Bonchev–Trinajstić information content (AvgIpc) is 2.56. The van der Waals surface area contributed by atoms with Gasteiger partial charge < -0.3 is 5.11 Å². The molecule has 2 aromatic rings. The fraction of sp³-hybridized carbons (Fsp3) is 0.294. The maximum absolute atomic E-state index is 11.3. The summed E-state index contributed by atoms with van der Waals surface area (Å²) in [5.41, 5.74) is 3.76. The van der Waals surface area contributed by atoms with Gasteiger partial charge in [-0.25, -0.2) is 0 Å². The van der Waals surface area contributed by atoms with Crippen LogP contribution in [0.15, 0.2) is 46.9 Å². The third-order valence-electron chi connectivity index (χ3n) is 4.16. The Morgan fingerprint density at radius 1 is 1.05 bits per heavy atom. The average molecular weight is 317 g/mol. The summed E-state index contributed by atoms with van der Waals surface area (Å²) in [6, 6.07) is 14.5. The Morgan fingerprint density at radius 3 is 2.47 bits per heavy atom. The summed E-state index contributed by atoms with van der Waals surface area (Å²) >= 11 is 3.53. The molecule has 0 radical (unpaired) electrons. The molecule has 0 heterocycles. The minimum absolute atomic E-state index is 0.688. The van der Waals surface area contributed by atoms with Crippen molar-refractivity contribution in [1.29, 1.82) is 0 Å². The predicted octanol–water partition coefficient (Wildman–Crippen LogP) is 4.19. The highest BCUT2D eigenvalue weighted by Gasteiger charge is 2.35. The van der Waals surface area contributed by atoms with E-state index in [2.05, 4.69) is 52.3 Å². The van der Waals surface area contributed by atoms with Crippen molar-refractivity contribution < 1.29 is 5.11 Å². The summed E-state index contributed by atoms with van der Waals surface area (Å²) in [5.74, 6) is 0. The molecule has 1 aliphatic rings. The minimum Gasteiger partial charge on any atom is -0.380 e. The maximum atomic E-state index is 11.3. The molecule has 1 aliphatic carbocycles. The number of aryl methyl sites for hydroxylation is 2. The zero-order valence-electron chi connectivity index (χ0n) is 11.0. The van der Waals surface area contributed by atoms with E-state index in [-0.39, 0.29) is 0 Å². The van der Waals surface area contributed by atoms with Crippen LogP contribution in [-0.4, -0.2) is 5.11 Å². The predicted molar refractivity (Wildman–Crippen MR) is 81.3 cm³/mol. The maximum Gasteiger partial charge on any atom is 0.115 e. The van der Waals surface area contributed by atoms with Gasteiger partial charge in [-0.05, 0) is 53.6 Å². The van der Waals surface area contributed by atoms with Crippen LogP contribution >= 0.6 is 15.9 Å². The Bertz CT molecular complexity index is 620. The third kappa shape index (κ3) is 2.03. The molecule has 1 atom stereocenters. The summed E-state index contributed by atoms with van der Waals surface area (Å²) < 4.78 is 1.03. The third-order valence-corrected chi connectivity index (χ3v) is 4.65. The molecule has 0 spiro atoms. The molecule has 0 amide bonds. The van der Waals surface area contributed by atoms with Gasteiger partial charge >= 0.3 is 0 Å². The Balaban J connectivity index is 2.29. The standard InChI is InChI=1S/C17H17BrO/c1-2-17(19)15-6-4-3-5-12(15)7-8-13-9-10-14(18)11-16(13)17/h3-6,9-11,19H,2,7-8H2,1H3. The SMILES string of the molecule is CCC1(O)c2ccccc2CCc2ccc(Br)cc21. The van der Waals surface area contributed by atoms with E-state index in [1.54, 1.807) is 0 Å². The van der Waals surface area contributed by atoms with Crippen LogP contribution in [0.1, 0.15) is 35.6 Å². The van der Waals surface area contributed by atoms with Crippen LogP contribution in [0, 0.1) is 0 Å². The van der Waals surface area contributed by atoms with Crippen molar-refractivity contribution in [1.82, 2.24) is 0 Å². The van der Waals surface area contributed by atoms with Gasteiger partial charge in [-0.2, -0.15) is 0 Å². The van der Waals surface area contributed by atoms with Gasteiger partial charge in [0.25, 0.3) is 0 Å². The van der Waals surface area contributed by atoms with E-state index in [0.29, 0.717) is 6.42 Å². The molecule has 0 aromatic heterocycles. The number of aliphatic hydroxyl groups is 1. The zero-order chi connectivity index (χ0) is 13.5. The first-order valence-corrected chi connectivity index (χ1v) is 7.54. The molecule has 1 nitrogen and oxygen atoms in total. The number of benzene rings is 2. The lowest BCUT2D eigenvalue weighted by molar-refractivity contribution is 0.0758. The molecule has 2 aromatic carbocycles. The summed E-state index contributed by atoms with van der Waals surface area (Å²) in [6.07, 6.45) is 2.67. The number of halogens is 1. The molecule has 3 rings (SSSR count). The second-order valence-corrected chi connectivity index (χ2v) is 6.09. The van der Waals surface area contributed by atoms with E-state index in [1.807, 2.05) is 13.0 Å². The van der Waals surface area contributed by atoms with E-state index in [1.165, 1.54) is 11.1 Å². The van der Waals surface area contributed by atoms with Crippen molar-refractivity contribution in [2.45, 2.75) is 31.8 Å². The second kappa shape index (κ2) is 4.77. The summed E-state index contributed by atoms with van der Waals surface area (Å²) in [6.45, 7) is 2.05. The first kappa shape index (κ1) is 12.9. The van der Waals surface area contributed by atoms with Crippen LogP contribution in [-0.2, 0) is 18.4 Å². The van der Waals surface area contributed by atoms with Crippen LogP contribution in [0.25, 0.3) is 0 Å². The van der Waals surface area contributed by atoms with E-state index < -0.39 is 5.60 Å². The molecule has 2 heteroatoms. The van der Waals surface area contributed by atoms with E-state index in [9.17, 15) is 5.11 Å². The summed E-state index contributed by atoms with van der Waals surface area (Å²) in [5, 5.41) is 11.3. The number of fused-ring (bicyclic) bond motifs is 2. The molecule has 0 fully saturated rings. The monoisotopic (exact) mass is 316 g/mol. The smallest absolute Gasteiger partial charge is 0.115 e. The lowest BCUT2D eigenvalue weighted by Gasteiger charge is -2.30. The molecule has 0 aliphatic heterocycles. The number of hydrogen-bond acceptors (Lipinski definition) is 1. The van der Waals surface area contributed by atoms with Gasteiger partial charge in [-0.1, -0.05) is 53.2 Å². The highest BCUT2D eigenvalue weighted by Crippen LogP contribution is 2.40. The van der Waals surface area contributed by atoms with Gasteiger partial charge in [-0.3, -0.25) is 0 Å². The Kier molecular flexibility index (Phi) is 3.23. The zero-order valence-corrected chi connectivity index (χ0v) is 12.6. The summed E-state index contributed by atoms with van der Waals surface area (Å²) in [7, 11) is 0. The van der Waals surface area contributed by atoms with Crippen LogP contribution < -0.4 is 0 Å². The molecular weight excluding hydrogens is 300 g/mol. The Labute approximate surface area is 122 Å². The van der Waals surface area contributed by atoms with Gasteiger partial charge in [0.15, 0.2) is 0 Å². The molecule has 1 unspecified atom stereocenters. The van der Waals surface area contributed by atoms with Crippen molar-refractivity contribution in [3.63, 3.8) is 0 Å². The van der Waals surface area contributed by atoms with Gasteiger partial charge in [-0.15, -0.1) is 0 Å². The van der Waals surface area contributed by atoms with Gasteiger partial charge in [0.05, 0.1) is 0 Å². The fourth-order valence-corrected chi connectivity index (χ4v) is 3.45. The van der Waals surface area contributed by atoms with Gasteiger partial charge in [0.1, 0.15) is 5.60 Å². The first-order valence-electron chi connectivity index (χ1n) is 6.75. The lowest BCUT2D eigenvalue weighted by atomic mass is 9.81. The highest BCUT2D eigenvalue weighted by atomic mass is 79.9. The van der Waals surface area contributed by atoms with E-state index in [4.69, 9.17) is 0 Å². The quantitative estimate of drug-likeness (QED) is 0.836. The molecule has 0 saturated heterocycles. The molecule has 98 valence electrons. The molecule has 19 heavy (non-hydrogen) atoms. The first-order chi connectivity index (χ1) is 9.15.